The number of fused-ring (bicyclic) bond motifs is 1. The van der Waals surface area contributed by atoms with Gasteiger partial charge in [0.1, 0.15) is 12.1 Å². The van der Waals surface area contributed by atoms with Gasteiger partial charge in [0.2, 0.25) is 0 Å². The number of hydrogen-bond acceptors (Lipinski definition) is 5. The van der Waals surface area contributed by atoms with Crippen LogP contribution in [0.2, 0.25) is 0 Å². The predicted molar refractivity (Wildman–Crippen MR) is 57.7 cm³/mol. The first-order valence-electron chi connectivity index (χ1n) is 4.28. The molecular weight excluding hydrogens is 198 g/mol. The van der Waals surface area contributed by atoms with Gasteiger partial charge < -0.3 is 5.32 Å². The Labute approximate surface area is 85.9 Å². The molecule has 0 atom stereocenters. The van der Waals surface area contributed by atoms with Crippen molar-refractivity contribution < 1.29 is 0 Å². The van der Waals surface area contributed by atoms with E-state index in [0.29, 0.717) is 0 Å². The Morgan fingerprint density at radius 2 is 2.43 bits per heavy atom. The van der Waals surface area contributed by atoms with Crippen molar-refractivity contribution in [1.82, 2.24) is 19.6 Å². The molecule has 14 heavy (non-hydrogen) atoms. The molecule has 0 saturated carbocycles. The molecule has 0 saturated heterocycles. The average Bonchev–Trinajstić information content (AvgIpc) is 2.67. The predicted octanol–water partition coefficient (Wildman–Crippen LogP) is 0.899. The van der Waals surface area contributed by atoms with E-state index in [0.717, 1.165) is 23.8 Å². The number of thioether (sulfide) groups is 1. The maximum atomic E-state index is 4.07. The van der Waals surface area contributed by atoms with Crippen LogP contribution in [0, 0.1) is 0 Å². The molecule has 0 amide bonds. The highest BCUT2D eigenvalue weighted by molar-refractivity contribution is 7.98. The zero-order valence-electron chi connectivity index (χ0n) is 7.84. The molecule has 0 spiro atoms. The lowest BCUT2D eigenvalue weighted by atomic mass is 10.6. The number of hydrogen-bond donors (Lipinski definition) is 1. The van der Waals surface area contributed by atoms with Crippen molar-refractivity contribution in [2.75, 3.05) is 23.9 Å². The summed E-state index contributed by atoms with van der Waals surface area (Å²) in [7, 11) is 0. The van der Waals surface area contributed by atoms with Crippen molar-refractivity contribution in [2.24, 2.45) is 0 Å². The summed E-state index contributed by atoms with van der Waals surface area (Å²) >= 11 is 1.80. The number of nitrogens with one attached hydrogen (secondary N) is 1. The van der Waals surface area contributed by atoms with Gasteiger partial charge in [-0.1, -0.05) is 0 Å². The molecule has 0 unspecified atom stereocenters. The fraction of sp³-hybridized carbons (Fsp3) is 0.375. The molecular formula is C8H11N5S. The van der Waals surface area contributed by atoms with Crippen molar-refractivity contribution in [1.29, 1.82) is 0 Å². The number of rotatable bonds is 4. The summed E-state index contributed by atoms with van der Waals surface area (Å²) in [4.78, 5) is 4.07. The van der Waals surface area contributed by atoms with Crippen LogP contribution < -0.4 is 5.32 Å². The normalized spacial score (nSPS) is 10.6. The molecule has 74 valence electrons. The minimum Gasteiger partial charge on any atom is -0.369 e. The van der Waals surface area contributed by atoms with Gasteiger partial charge in [-0.15, -0.1) is 10.2 Å². The van der Waals surface area contributed by atoms with Gasteiger partial charge in [-0.2, -0.15) is 11.8 Å². The van der Waals surface area contributed by atoms with Crippen LogP contribution in [0.3, 0.4) is 0 Å². The van der Waals surface area contributed by atoms with Gasteiger partial charge in [0.25, 0.3) is 0 Å². The van der Waals surface area contributed by atoms with Crippen LogP contribution in [0.15, 0.2) is 18.7 Å². The van der Waals surface area contributed by atoms with Crippen LogP contribution in [-0.4, -0.2) is 38.1 Å². The smallest absolute Gasteiger partial charge is 0.180 e. The molecule has 1 N–H and O–H groups in total. The second-order valence-electron chi connectivity index (χ2n) is 2.77. The van der Waals surface area contributed by atoms with Crippen LogP contribution in [-0.2, 0) is 0 Å². The Kier molecular flexibility index (Phi) is 2.83. The summed E-state index contributed by atoms with van der Waals surface area (Å²) in [5, 5.41) is 11.0. The summed E-state index contributed by atoms with van der Waals surface area (Å²) in [6, 6.07) is 0. The van der Waals surface area contributed by atoms with Gasteiger partial charge in [-0.3, -0.25) is 9.38 Å². The van der Waals surface area contributed by atoms with E-state index in [1.165, 1.54) is 0 Å². The van der Waals surface area contributed by atoms with Gasteiger partial charge in [0.15, 0.2) is 5.65 Å². The Hall–Kier alpha value is -1.30. The summed E-state index contributed by atoms with van der Waals surface area (Å²) in [5.74, 6) is 2.00. The van der Waals surface area contributed by atoms with Crippen LogP contribution in [0.5, 0.6) is 0 Å². The van der Waals surface area contributed by atoms with Crippen molar-refractivity contribution in [3.63, 3.8) is 0 Å². The average molecular weight is 209 g/mol. The molecule has 5 nitrogen and oxygen atoms in total. The molecule has 0 fully saturated rings. The Bertz CT molecular complexity index is 413. The number of anilines is 1. The van der Waals surface area contributed by atoms with Crippen molar-refractivity contribution in [3.05, 3.63) is 18.7 Å². The van der Waals surface area contributed by atoms with E-state index in [9.17, 15) is 0 Å². The van der Waals surface area contributed by atoms with E-state index < -0.39 is 0 Å². The van der Waals surface area contributed by atoms with Gasteiger partial charge in [-0.05, 0) is 6.26 Å². The molecule has 6 heteroatoms. The number of aromatic nitrogens is 4. The SMILES string of the molecule is CSCCNc1cncc2nncn12. The van der Waals surface area contributed by atoms with Crippen molar-refractivity contribution >= 4 is 23.2 Å². The molecule has 0 aliphatic carbocycles. The molecule has 0 aliphatic rings. The lowest BCUT2D eigenvalue weighted by molar-refractivity contribution is 1.07. The molecule has 0 aliphatic heterocycles. The van der Waals surface area contributed by atoms with Crippen LogP contribution >= 0.6 is 11.8 Å². The van der Waals surface area contributed by atoms with Crippen LogP contribution in [0.25, 0.3) is 5.65 Å². The third-order valence-electron chi connectivity index (χ3n) is 1.83. The molecule has 0 aromatic carbocycles. The summed E-state index contributed by atoms with van der Waals surface area (Å²) in [6.07, 6.45) is 7.22. The first-order chi connectivity index (χ1) is 6.92. The second-order valence-corrected chi connectivity index (χ2v) is 3.76. The van der Waals surface area contributed by atoms with Gasteiger partial charge in [0, 0.05) is 12.3 Å². The maximum Gasteiger partial charge on any atom is 0.180 e. The molecule has 2 rings (SSSR count). The third kappa shape index (κ3) is 1.79. The first-order valence-corrected chi connectivity index (χ1v) is 5.68. The standard InChI is InChI=1S/C8H11N5S/c1-14-3-2-10-7-4-9-5-8-12-11-6-13(7)8/h4-6,10H,2-3H2,1H3. The highest BCUT2D eigenvalue weighted by atomic mass is 32.2. The van der Waals surface area contributed by atoms with Crippen molar-refractivity contribution in [3.8, 4) is 0 Å². The summed E-state index contributed by atoms with van der Waals surface area (Å²) in [5.41, 5.74) is 0.763. The Morgan fingerprint density at radius 3 is 3.29 bits per heavy atom. The largest absolute Gasteiger partial charge is 0.369 e. The summed E-state index contributed by atoms with van der Waals surface area (Å²) in [6.45, 7) is 0.917. The minimum atomic E-state index is 0.763. The molecule has 0 radical (unpaired) electrons. The Balaban J connectivity index is 2.19. The maximum absolute atomic E-state index is 4.07. The fourth-order valence-electron chi connectivity index (χ4n) is 1.17. The van der Waals surface area contributed by atoms with E-state index in [4.69, 9.17) is 0 Å². The minimum absolute atomic E-state index is 0.763. The highest BCUT2D eigenvalue weighted by Crippen LogP contribution is 2.07. The van der Waals surface area contributed by atoms with E-state index >= 15 is 0 Å². The zero-order valence-corrected chi connectivity index (χ0v) is 8.66. The van der Waals surface area contributed by atoms with Gasteiger partial charge in [0.05, 0.1) is 12.4 Å². The van der Waals surface area contributed by atoms with Gasteiger partial charge in [-0.25, -0.2) is 0 Å². The lowest BCUT2D eigenvalue weighted by Crippen LogP contribution is -2.07. The quantitative estimate of drug-likeness (QED) is 0.758. The lowest BCUT2D eigenvalue weighted by Gasteiger charge is -2.05. The first kappa shape index (κ1) is 9.26. The highest BCUT2D eigenvalue weighted by Gasteiger charge is 2.00. The summed E-state index contributed by atoms with van der Waals surface area (Å²) < 4.78 is 1.88. The monoisotopic (exact) mass is 209 g/mol. The van der Waals surface area contributed by atoms with E-state index in [1.54, 1.807) is 30.5 Å². The molecule has 2 heterocycles. The van der Waals surface area contributed by atoms with E-state index in [1.807, 2.05) is 4.40 Å². The number of nitrogens with zero attached hydrogens (tertiary/aromatic N) is 4. The van der Waals surface area contributed by atoms with E-state index in [-0.39, 0.29) is 0 Å². The topological polar surface area (TPSA) is 55.1 Å². The van der Waals surface area contributed by atoms with Gasteiger partial charge >= 0.3 is 0 Å². The fourth-order valence-corrected chi connectivity index (χ4v) is 1.47. The molecule has 2 aromatic rings. The van der Waals surface area contributed by atoms with Crippen LogP contribution in [0.1, 0.15) is 0 Å². The third-order valence-corrected chi connectivity index (χ3v) is 2.45. The Morgan fingerprint density at radius 1 is 1.50 bits per heavy atom. The molecule has 2 aromatic heterocycles. The van der Waals surface area contributed by atoms with Crippen molar-refractivity contribution in [2.45, 2.75) is 0 Å². The molecule has 0 bridgehead atoms. The van der Waals surface area contributed by atoms with E-state index in [2.05, 4.69) is 26.8 Å². The zero-order chi connectivity index (χ0) is 9.80. The van der Waals surface area contributed by atoms with Crippen LogP contribution in [0.4, 0.5) is 5.82 Å². The second kappa shape index (κ2) is 4.28.